The SMILES string of the molecule is CC[C@@]1(c2cccc(Cl)c2)NC(=O)N(CN2CCc3sccc3[C@H]2c2ccccc2)C1=O. The molecule has 32 heavy (non-hydrogen) atoms. The number of thiophene rings is 1. The molecule has 7 heteroatoms. The predicted molar refractivity (Wildman–Crippen MR) is 127 cm³/mol. The average molecular weight is 466 g/mol. The van der Waals surface area contributed by atoms with Crippen LogP contribution in [-0.4, -0.2) is 35.0 Å². The molecule has 0 spiro atoms. The molecule has 5 rings (SSSR count). The van der Waals surface area contributed by atoms with Gasteiger partial charge in [0.25, 0.3) is 5.91 Å². The molecule has 2 aliphatic heterocycles. The van der Waals surface area contributed by atoms with Crippen LogP contribution in [0.5, 0.6) is 0 Å². The first-order valence-electron chi connectivity index (χ1n) is 10.8. The number of rotatable bonds is 5. The van der Waals surface area contributed by atoms with Crippen LogP contribution >= 0.6 is 22.9 Å². The minimum Gasteiger partial charge on any atom is -0.319 e. The number of imide groups is 1. The highest BCUT2D eigenvalue weighted by atomic mass is 35.5. The number of carbonyl (C=O) groups excluding carboxylic acids is 2. The van der Waals surface area contributed by atoms with Crippen LogP contribution in [0.2, 0.25) is 5.02 Å². The molecule has 1 fully saturated rings. The highest BCUT2D eigenvalue weighted by Crippen LogP contribution is 2.39. The Morgan fingerprint density at radius 2 is 1.94 bits per heavy atom. The summed E-state index contributed by atoms with van der Waals surface area (Å²) < 4.78 is 0. The monoisotopic (exact) mass is 465 g/mol. The van der Waals surface area contributed by atoms with Gasteiger partial charge in [0.05, 0.1) is 12.7 Å². The van der Waals surface area contributed by atoms with E-state index in [9.17, 15) is 9.59 Å². The Labute approximate surface area is 196 Å². The zero-order valence-electron chi connectivity index (χ0n) is 17.8. The number of benzene rings is 2. The third-order valence-electron chi connectivity index (χ3n) is 6.53. The summed E-state index contributed by atoms with van der Waals surface area (Å²) in [6.45, 7) is 2.93. The number of halogens is 1. The van der Waals surface area contributed by atoms with Gasteiger partial charge in [0.15, 0.2) is 0 Å². The molecule has 3 aromatic rings. The molecule has 1 aromatic heterocycles. The number of carbonyl (C=O) groups is 2. The summed E-state index contributed by atoms with van der Waals surface area (Å²) in [5, 5.41) is 5.64. The second kappa shape index (κ2) is 8.35. The van der Waals surface area contributed by atoms with E-state index in [-0.39, 0.29) is 24.6 Å². The van der Waals surface area contributed by atoms with Gasteiger partial charge in [-0.25, -0.2) is 9.69 Å². The van der Waals surface area contributed by atoms with Gasteiger partial charge in [-0.15, -0.1) is 11.3 Å². The topological polar surface area (TPSA) is 52.7 Å². The fourth-order valence-electron chi connectivity index (χ4n) is 4.88. The van der Waals surface area contributed by atoms with Gasteiger partial charge in [0.1, 0.15) is 5.54 Å². The molecule has 3 heterocycles. The molecule has 3 amide bonds. The Morgan fingerprint density at radius 1 is 1.12 bits per heavy atom. The second-order valence-electron chi connectivity index (χ2n) is 8.25. The van der Waals surface area contributed by atoms with Crippen LogP contribution in [0.15, 0.2) is 66.0 Å². The minimum atomic E-state index is -1.09. The summed E-state index contributed by atoms with van der Waals surface area (Å²) in [6.07, 6.45) is 1.36. The lowest BCUT2D eigenvalue weighted by atomic mass is 9.87. The van der Waals surface area contributed by atoms with E-state index in [1.807, 2.05) is 37.3 Å². The molecule has 5 nitrogen and oxygen atoms in total. The average Bonchev–Trinajstić information content (AvgIpc) is 3.38. The molecular weight excluding hydrogens is 442 g/mol. The van der Waals surface area contributed by atoms with Crippen molar-refractivity contribution >= 4 is 34.9 Å². The number of hydrogen-bond acceptors (Lipinski definition) is 4. The smallest absolute Gasteiger partial charge is 0.319 e. The van der Waals surface area contributed by atoms with E-state index < -0.39 is 5.54 Å². The maximum Gasteiger partial charge on any atom is 0.326 e. The Hall–Kier alpha value is -2.67. The van der Waals surface area contributed by atoms with E-state index in [4.69, 9.17) is 11.6 Å². The fraction of sp³-hybridized carbons (Fsp3) is 0.280. The summed E-state index contributed by atoms with van der Waals surface area (Å²) in [4.78, 5) is 31.7. The lowest BCUT2D eigenvalue weighted by Gasteiger charge is -2.38. The Kier molecular flexibility index (Phi) is 5.53. The van der Waals surface area contributed by atoms with Crippen molar-refractivity contribution in [2.45, 2.75) is 31.3 Å². The number of nitrogens with one attached hydrogen (secondary N) is 1. The highest BCUT2D eigenvalue weighted by molar-refractivity contribution is 7.10. The maximum atomic E-state index is 13.7. The van der Waals surface area contributed by atoms with Crippen LogP contribution in [0.4, 0.5) is 4.79 Å². The summed E-state index contributed by atoms with van der Waals surface area (Å²) in [5.41, 5.74) is 2.05. The molecular formula is C25H24ClN3O2S. The number of nitrogens with zero attached hydrogens (tertiary/aromatic N) is 2. The van der Waals surface area contributed by atoms with E-state index in [1.54, 1.807) is 23.5 Å². The van der Waals surface area contributed by atoms with Gasteiger partial charge in [0, 0.05) is 16.4 Å². The number of amides is 3. The second-order valence-corrected chi connectivity index (χ2v) is 9.69. The zero-order valence-corrected chi connectivity index (χ0v) is 19.3. The molecule has 2 aromatic carbocycles. The quantitative estimate of drug-likeness (QED) is 0.529. The molecule has 0 aliphatic carbocycles. The molecule has 2 aliphatic rings. The van der Waals surface area contributed by atoms with Crippen LogP contribution in [0.25, 0.3) is 0 Å². The van der Waals surface area contributed by atoms with Gasteiger partial charge < -0.3 is 5.32 Å². The lowest BCUT2D eigenvalue weighted by Crippen LogP contribution is -2.47. The van der Waals surface area contributed by atoms with Crippen LogP contribution in [0.1, 0.15) is 41.0 Å². The van der Waals surface area contributed by atoms with Crippen molar-refractivity contribution in [1.82, 2.24) is 15.1 Å². The van der Waals surface area contributed by atoms with E-state index in [1.165, 1.54) is 15.3 Å². The zero-order chi connectivity index (χ0) is 22.3. The molecule has 0 bridgehead atoms. The first-order chi connectivity index (χ1) is 15.5. The molecule has 164 valence electrons. The molecule has 0 unspecified atom stereocenters. The third-order valence-corrected chi connectivity index (χ3v) is 7.76. The first kappa shape index (κ1) is 21.2. The van der Waals surface area contributed by atoms with Crippen molar-refractivity contribution in [3.63, 3.8) is 0 Å². The third kappa shape index (κ3) is 3.43. The number of hydrogen-bond donors (Lipinski definition) is 1. The normalized spacial score (nSPS) is 23.3. The van der Waals surface area contributed by atoms with Crippen LogP contribution in [-0.2, 0) is 16.8 Å². The summed E-state index contributed by atoms with van der Waals surface area (Å²) in [5.74, 6) is -0.227. The molecule has 1 saturated heterocycles. The van der Waals surface area contributed by atoms with E-state index >= 15 is 0 Å². The van der Waals surface area contributed by atoms with Gasteiger partial charge in [-0.1, -0.05) is 61.0 Å². The Morgan fingerprint density at radius 3 is 2.69 bits per heavy atom. The largest absolute Gasteiger partial charge is 0.326 e. The van der Waals surface area contributed by atoms with Crippen molar-refractivity contribution in [2.24, 2.45) is 0 Å². The van der Waals surface area contributed by atoms with E-state index in [2.05, 4.69) is 33.8 Å². The van der Waals surface area contributed by atoms with E-state index in [0.29, 0.717) is 17.0 Å². The molecule has 0 saturated carbocycles. The Bertz CT molecular complexity index is 1160. The summed E-state index contributed by atoms with van der Waals surface area (Å²) in [7, 11) is 0. The van der Waals surface area contributed by atoms with Crippen LogP contribution < -0.4 is 5.32 Å². The Balaban J connectivity index is 1.48. The van der Waals surface area contributed by atoms with Crippen LogP contribution in [0, 0.1) is 0 Å². The number of fused-ring (bicyclic) bond motifs is 1. The molecule has 2 atom stereocenters. The molecule has 0 radical (unpaired) electrons. The lowest BCUT2D eigenvalue weighted by molar-refractivity contribution is -0.133. The van der Waals surface area contributed by atoms with E-state index in [0.717, 1.165) is 18.5 Å². The van der Waals surface area contributed by atoms with Gasteiger partial charge in [-0.2, -0.15) is 0 Å². The highest BCUT2D eigenvalue weighted by Gasteiger charge is 2.52. The van der Waals surface area contributed by atoms with Gasteiger partial charge in [-0.05, 0) is 53.1 Å². The van der Waals surface area contributed by atoms with Crippen molar-refractivity contribution in [2.75, 3.05) is 13.2 Å². The predicted octanol–water partition coefficient (Wildman–Crippen LogP) is 5.16. The minimum absolute atomic E-state index is 0.00889. The van der Waals surface area contributed by atoms with Crippen molar-refractivity contribution in [3.8, 4) is 0 Å². The molecule has 1 N–H and O–H groups in total. The summed E-state index contributed by atoms with van der Waals surface area (Å²) in [6, 6.07) is 19.3. The van der Waals surface area contributed by atoms with Gasteiger partial charge in [-0.3, -0.25) is 9.69 Å². The van der Waals surface area contributed by atoms with Crippen molar-refractivity contribution in [3.05, 3.63) is 92.6 Å². The standard InChI is InChI=1S/C25H24ClN3O2S/c1-2-25(18-9-6-10-19(26)15-18)23(30)29(24(31)27-25)16-28-13-11-21-20(12-14-32-21)22(28)17-7-4-3-5-8-17/h3-10,12,14-15,22H,2,11,13,16H2,1H3,(H,27,31)/t22-,25+/m1/s1. The van der Waals surface area contributed by atoms with Gasteiger partial charge in [0.2, 0.25) is 0 Å². The van der Waals surface area contributed by atoms with Crippen LogP contribution in [0.3, 0.4) is 0 Å². The van der Waals surface area contributed by atoms with Crippen molar-refractivity contribution < 1.29 is 9.59 Å². The maximum absolute atomic E-state index is 13.7. The van der Waals surface area contributed by atoms with Gasteiger partial charge >= 0.3 is 6.03 Å². The fourth-order valence-corrected chi connectivity index (χ4v) is 5.97. The van der Waals surface area contributed by atoms with Crippen molar-refractivity contribution in [1.29, 1.82) is 0 Å². The number of urea groups is 1. The summed E-state index contributed by atoms with van der Waals surface area (Å²) >= 11 is 7.97. The first-order valence-corrected chi connectivity index (χ1v) is 12.0.